The van der Waals surface area contributed by atoms with Gasteiger partial charge in [0.1, 0.15) is 0 Å². The molecule has 0 atom stereocenters. The molecule has 2 rings (SSSR count). The molecule has 9 heteroatoms. The van der Waals surface area contributed by atoms with Crippen LogP contribution in [0.2, 0.25) is 0 Å². The molecular formula is C12H20N4O2S3. The van der Waals surface area contributed by atoms with E-state index in [1.54, 1.807) is 29.4 Å². The lowest BCUT2D eigenvalue weighted by Crippen LogP contribution is -2.30. The number of hydrogen-bond donors (Lipinski definition) is 1. The van der Waals surface area contributed by atoms with Crippen LogP contribution in [-0.2, 0) is 10.0 Å². The van der Waals surface area contributed by atoms with Gasteiger partial charge in [-0.3, -0.25) is 4.40 Å². The van der Waals surface area contributed by atoms with Crippen LogP contribution in [0.15, 0.2) is 16.6 Å². The maximum atomic E-state index is 12.8. The van der Waals surface area contributed by atoms with Crippen molar-refractivity contribution in [3.8, 4) is 0 Å². The molecule has 0 aromatic carbocycles. The summed E-state index contributed by atoms with van der Waals surface area (Å²) in [4.78, 5) is 5.08. The summed E-state index contributed by atoms with van der Waals surface area (Å²) in [5.74, 6) is 1.21. The van der Waals surface area contributed by atoms with E-state index in [9.17, 15) is 8.42 Å². The van der Waals surface area contributed by atoms with Gasteiger partial charge in [0.2, 0.25) is 0 Å². The van der Waals surface area contributed by atoms with E-state index in [2.05, 4.69) is 10.3 Å². The second-order valence-corrected chi connectivity index (χ2v) is 8.39. The largest absolute Gasteiger partial charge is 0.368 e. The summed E-state index contributed by atoms with van der Waals surface area (Å²) in [6.07, 6.45) is 4.62. The van der Waals surface area contributed by atoms with Gasteiger partial charge < -0.3 is 5.32 Å². The maximum Gasteiger partial charge on any atom is 0.262 e. The van der Waals surface area contributed by atoms with Crippen molar-refractivity contribution in [3.63, 3.8) is 0 Å². The fourth-order valence-corrected chi connectivity index (χ4v) is 4.59. The number of fused-ring (bicyclic) bond motifs is 1. The highest BCUT2D eigenvalue weighted by Gasteiger charge is 2.29. The van der Waals surface area contributed by atoms with Gasteiger partial charge in [0, 0.05) is 37.5 Å². The van der Waals surface area contributed by atoms with Gasteiger partial charge in [-0.05, 0) is 12.7 Å². The first kappa shape index (κ1) is 16.6. The third-order valence-electron chi connectivity index (χ3n) is 3.03. The number of nitrogens with zero attached hydrogens (tertiary/aromatic N) is 3. The van der Waals surface area contributed by atoms with Gasteiger partial charge in [0.05, 0.1) is 0 Å². The molecule has 0 unspecified atom stereocenters. The number of anilines is 1. The molecule has 118 valence electrons. The van der Waals surface area contributed by atoms with Crippen LogP contribution in [-0.4, -0.2) is 54.3 Å². The molecule has 21 heavy (non-hydrogen) atoms. The van der Waals surface area contributed by atoms with Gasteiger partial charge in [-0.1, -0.05) is 6.92 Å². The molecule has 0 bridgehead atoms. The fraction of sp³-hybridized carbons (Fsp3) is 0.583. The van der Waals surface area contributed by atoms with Crippen molar-refractivity contribution in [1.29, 1.82) is 0 Å². The zero-order valence-corrected chi connectivity index (χ0v) is 14.8. The fourth-order valence-electron chi connectivity index (χ4n) is 1.86. The normalized spacial score (nSPS) is 12.4. The summed E-state index contributed by atoms with van der Waals surface area (Å²) in [6.45, 7) is 3.21. The van der Waals surface area contributed by atoms with Crippen LogP contribution in [0.3, 0.4) is 0 Å². The molecular weight excluding hydrogens is 328 g/mol. The molecule has 2 heterocycles. The van der Waals surface area contributed by atoms with E-state index in [1.165, 1.54) is 15.6 Å². The molecule has 0 aliphatic carbocycles. The molecule has 0 fully saturated rings. The number of thioether (sulfide) groups is 1. The number of aromatic nitrogens is 2. The Morgan fingerprint density at radius 2 is 2.29 bits per heavy atom. The summed E-state index contributed by atoms with van der Waals surface area (Å²) in [5.41, 5.74) is 0. The van der Waals surface area contributed by atoms with E-state index in [1.807, 2.05) is 18.6 Å². The van der Waals surface area contributed by atoms with E-state index in [-0.39, 0.29) is 5.03 Å². The zero-order chi connectivity index (χ0) is 15.5. The number of sulfonamides is 1. The SMILES string of the molecule is CCCNc1nc2sccn2c1S(=O)(=O)N(C)CCSC. The average molecular weight is 349 g/mol. The second kappa shape index (κ2) is 6.99. The zero-order valence-electron chi connectivity index (χ0n) is 12.4. The average Bonchev–Trinajstić information content (AvgIpc) is 3.01. The van der Waals surface area contributed by atoms with E-state index >= 15 is 0 Å². The van der Waals surface area contributed by atoms with Gasteiger partial charge >= 0.3 is 0 Å². The predicted octanol–water partition coefficient (Wildman–Crippen LogP) is 2.20. The lowest BCUT2D eigenvalue weighted by Gasteiger charge is -2.17. The Kier molecular flexibility index (Phi) is 5.53. The monoisotopic (exact) mass is 348 g/mol. The minimum absolute atomic E-state index is 0.232. The summed E-state index contributed by atoms with van der Waals surface area (Å²) in [6, 6.07) is 0. The Bertz CT molecular complexity index is 692. The van der Waals surface area contributed by atoms with Crippen molar-refractivity contribution in [1.82, 2.24) is 13.7 Å². The first-order chi connectivity index (χ1) is 10.0. The summed E-state index contributed by atoms with van der Waals surface area (Å²) in [7, 11) is -1.95. The first-order valence-corrected chi connectivity index (χ1v) is 10.4. The smallest absolute Gasteiger partial charge is 0.262 e. The van der Waals surface area contributed by atoms with E-state index in [4.69, 9.17) is 0 Å². The van der Waals surface area contributed by atoms with Crippen molar-refractivity contribution in [3.05, 3.63) is 11.6 Å². The Balaban J connectivity index is 2.44. The standard InChI is InChI=1S/C12H20N4O2S3/c1-4-5-13-10-11(16-7-9-20-12(16)14-10)21(17,18)15(2)6-8-19-3/h7,9,13H,4-6,8H2,1-3H3. The van der Waals surface area contributed by atoms with Crippen LogP contribution in [0, 0.1) is 0 Å². The van der Waals surface area contributed by atoms with Gasteiger partial charge in [0.15, 0.2) is 15.8 Å². The minimum atomic E-state index is -3.56. The second-order valence-electron chi connectivity index (χ2n) is 4.57. The Hall–Kier alpha value is -0.770. The summed E-state index contributed by atoms with van der Waals surface area (Å²) >= 11 is 3.05. The van der Waals surface area contributed by atoms with E-state index < -0.39 is 10.0 Å². The highest BCUT2D eigenvalue weighted by molar-refractivity contribution is 7.98. The first-order valence-electron chi connectivity index (χ1n) is 6.67. The van der Waals surface area contributed by atoms with Gasteiger partial charge in [-0.15, -0.1) is 11.3 Å². The lowest BCUT2D eigenvalue weighted by molar-refractivity contribution is 0.485. The number of imidazole rings is 1. The molecule has 2 aromatic rings. The number of nitrogens with one attached hydrogen (secondary N) is 1. The van der Waals surface area contributed by atoms with E-state index in [0.29, 0.717) is 23.9 Å². The number of rotatable bonds is 8. The quantitative estimate of drug-likeness (QED) is 0.792. The lowest BCUT2D eigenvalue weighted by atomic mass is 10.5. The van der Waals surface area contributed by atoms with Crippen LogP contribution in [0.1, 0.15) is 13.3 Å². The number of hydrogen-bond acceptors (Lipinski definition) is 6. The Morgan fingerprint density at radius 3 is 2.95 bits per heavy atom. The third kappa shape index (κ3) is 3.36. The molecule has 2 aromatic heterocycles. The van der Waals surface area contributed by atoms with Crippen LogP contribution in [0.4, 0.5) is 5.82 Å². The topological polar surface area (TPSA) is 66.7 Å². The Morgan fingerprint density at radius 1 is 1.52 bits per heavy atom. The molecule has 0 aliphatic heterocycles. The van der Waals surface area contributed by atoms with E-state index in [0.717, 1.165) is 12.2 Å². The molecule has 0 radical (unpaired) electrons. The molecule has 0 saturated carbocycles. The van der Waals surface area contributed by atoms with Crippen LogP contribution >= 0.6 is 23.1 Å². The van der Waals surface area contributed by atoms with Gasteiger partial charge in [-0.25, -0.2) is 13.4 Å². The van der Waals surface area contributed by atoms with Crippen molar-refractivity contribution in [2.45, 2.75) is 18.4 Å². The van der Waals surface area contributed by atoms with Crippen LogP contribution < -0.4 is 5.32 Å². The number of thiazole rings is 1. The van der Waals surface area contributed by atoms with Crippen molar-refractivity contribution < 1.29 is 8.42 Å². The molecule has 0 spiro atoms. The maximum absolute atomic E-state index is 12.8. The molecule has 1 N–H and O–H groups in total. The van der Waals surface area contributed by atoms with Crippen molar-refractivity contribution in [2.24, 2.45) is 0 Å². The molecule has 0 saturated heterocycles. The highest BCUT2D eigenvalue weighted by atomic mass is 32.2. The Labute approximate surface area is 133 Å². The molecule has 6 nitrogen and oxygen atoms in total. The third-order valence-corrected chi connectivity index (χ3v) is 6.26. The van der Waals surface area contributed by atoms with Crippen LogP contribution in [0.25, 0.3) is 4.96 Å². The van der Waals surface area contributed by atoms with Gasteiger partial charge in [0.25, 0.3) is 10.0 Å². The summed E-state index contributed by atoms with van der Waals surface area (Å²) in [5, 5.41) is 5.19. The van der Waals surface area contributed by atoms with Crippen molar-refractivity contribution >= 4 is 43.9 Å². The van der Waals surface area contributed by atoms with Crippen molar-refractivity contribution in [2.75, 3.05) is 37.5 Å². The highest BCUT2D eigenvalue weighted by Crippen LogP contribution is 2.27. The molecule has 0 amide bonds. The van der Waals surface area contributed by atoms with Gasteiger partial charge in [-0.2, -0.15) is 16.1 Å². The summed E-state index contributed by atoms with van der Waals surface area (Å²) < 4.78 is 28.7. The minimum Gasteiger partial charge on any atom is -0.368 e. The molecule has 0 aliphatic rings. The predicted molar refractivity (Wildman–Crippen MR) is 90.0 cm³/mol. The van der Waals surface area contributed by atoms with Crippen LogP contribution in [0.5, 0.6) is 0 Å².